The fourth-order valence-electron chi connectivity index (χ4n) is 1.54. The van der Waals surface area contributed by atoms with Crippen LogP contribution in [0.15, 0.2) is 0 Å². The van der Waals surface area contributed by atoms with Gasteiger partial charge in [-0.05, 0) is 6.42 Å². The molecule has 0 N–H and O–H groups in total. The van der Waals surface area contributed by atoms with Crippen LogP contribution >= 0.6 is 0 Å². The molecule has 0 aliphatic heterocycles. The predicted octanol–water partition coefficient (Wildman–Crippen LogP) is 3.46. The molecule has 0 saturated carbocycles. The molecule has 80 valence electrons. The summed E-state index contributed by atoms with van der Waals surface area (Å²) in [7, 11) is 0. The molecule has 0 aromatic carbocycles. The Balaban J connectivity index is 0. The summed E-state index contributed by atoms with van der Waals surface area (Å²) in [5.41, 5.74) is 0. The molecule has 0 unspecified atom stereocenters. The van der Waals surface area contributed by atoms with E-state index in [-0.39, 0.29) is 18.9 Å². The molecule has 0 aliphatic carbocycles. The van der Waals surface area contributed by atoms with Crippen molar-refractivity contribution in [2.24, 2.45) is 0 Å². The predicted molar refractivity (Wildman–Crippen MR) is 65.1 cm³/mol. The van der Waals surface area contributed by atoms with Crippen molar-refractivity contribution in [2.75, 3.05) is 0 Å². The fourth-order valence-corrected chi connectivity index (χ4v) is 1.54. The van der Waals surface area contributed by atoms with E-state index in [9.17, 15) is 4.79 Å². The first-order valence-corrected chi connectivity index (χ1v) is 5.85. The van der Waals surface area contributed by atoms with Gasteiger partial charge in [-0.3, -0.25) is 0 Å². The summed E-state index contributed by atoms with van der Waals surface area (Å²) < 4.78 is 0. The number of hydrogen-bond donors (Lipinski definition) is 0. The molecule has 14 heavy (non-hydrogen) atoms. The van der Waals surface area contributed by atoms with Crippen molar-refractivity contribution in [1.29, 1.82) is 0 Å². The normalized spacial score (nSPS) is 9.50. The molecule has 0 atom stereocenters. The summed E-state index contributed by atoms with van der Waals surface area (Å²) in [5.74, 6) is 0. The van der Waals surface area contributed by atoms with Gasteiger partial charge in [0, 0.05) is 6.42 Å². The standard InChI is InChI=1S/C12H24O.Li.H/c1-2-3-4-5-6-7-8-9-10-11-12-13;;/h12H,2-11H2,1H3;;. The molecule has 0 aromatic heterocycles. The Labute approximate surface area is 101 Å². The first-order chi connectivity index (χ1) is 6.41. The van der Waals surface area contributed by atoms with E-state index in [2.05, 4.69) is 6.92 Å². The molecule has 0 bridgehead atoms. The van der Waals surface area contributed by atoms with Crippen LogP contribution in [0.2, 0.25) is 0 Å². The molecule has 0 saturated heterocycles. The van der Waals surface area contributed by atoms with Crippen molar-refractivity contribution < 1.29 is 4.79 Å². The third kappa shape index (κ3) is 14.8. The van der Waals surface area contributed by atoms with E-state index in [4.69, 9.17) is 0 Å². The van der Waals surface area contributed by atoms with E-state index >= 15 is 0 Å². The second kappa shape index (κ2) is 15.7. The van der Waals surface area contributed by atoms with Gasteiger partial charge in [0.25, 0.3) is 0 Å². The zero-order valence-corrected chi connectivity index (χ0v) is 9.06. The first-order valence-electron chi connectivity index (χ1n) is 5.85. The molecule has 0 aliphatic rings. The van der Waals surface area contributed by atoms with Crippen molar-refractivity contribution in [3.8, 4) is 0 Å². The maximum absolute atomic E-state index is 10.0. The number of carbonyl (C=O) groups is 1. The quantitative estimate of drug-likeness (QED) is 0.294. The minimum atomic E-state index is 0. The van der Waals surface area contributed by atoms with E-state index in [1.807, 2.05) is 0 Å². The first kappa shape index (κ1) is 16.7. The van der Waals surface area contributed by atoms with Crippen LogP contribution in [0.3, 0.4) is 0 Å². The second-order valence-corrected chi connectivity index (χ2v) is 3.78. The molecule has 1 nitrogen and oxygen atoms in total. The van der Waals surface area contributed by atoms with Gasteiger partial charge in [0.1, 0.15) is 6.29 Å². The van der Waals surface area contributed by atoms with Gasteiger partial charge in [-0.15, -0.1) is 0 Å². The maximum atomic E-state index is 10.0. The van der Waals surface area contributed by atoms with Crippen molar-refractivity contribution >= 4 is 25.1 Å². The molecular weight excluding hydrogens is 167 g/mol. The Kier molecular flexibility index (Phi) is 18.7. The number of rotatable bonds is 10. The van der Waals surface area contributed by atoms with Crippen LogP contribution < -0.4 is 0 Å². The Morgan fingerprint density at radius 2 is 1.21 bits per heavy atom. The third-order valence-corrected chi connectivity index (χ3v) is 2.43. The van der Waals surface area contributed by atoms with Gasteiger partial charge in [0.2, 0.25) is 0 Å². The minimum absolute atomic E-state index is 0. The van der Waals surface area contributed by atoms with Gasteiger partial charge >= 0.3 is 18.9 Å². The van der Waals surface area contributed by atoms with E-state index in [1.54, 1.807) is 0 Å². The Morgan fingerprint density at radius 1 is 0.786 bits per heavy atom. The molecule has 0 rings (SSSR count). The SMILES string of the molecule is CCCCCCCCCCCC=O.[LiH]. The van der Waals surface area contributed by atoms with E-state index in [0.717, 1.165) is 19.1 Å². The molecule has 0 amide bonds. The topological polar surface area (TPSA) is 17.1 Å². The van der Waals surface area contributed by atoms with Gasteiger partial charge in [-0.25, -0.2) is 0 Å². The molecule has 0 aromatic rings. The zero-order valence-electron chi connectivity index (χ0n) is 9.06. The number of unbranched alkanes of at least 4 members (excludes halogenated alkanes) is 9. The van der Waals surface area contributed by atoms with Gasteiger partial charge < -0.3 is 4.79 Å². The third-order valence-electron chi connectivity index (χ3n) is 2.43. The Morgan fingerprint density at radius 3 is 1.64 bits per heavy atom. The summed E-state index contributed by atoms with van der Waals surface area (Å²) in [6.07, 6.45) is 13.7. The van der Waals surface area contributed by atoms with Crippen LogP contribution in [0, 0.1) is 0 Å². The van der Waals surface area contributed by atoms with E-state index in [1.165, 1.54) is 51.4 Å². The molecular formula is C12H25LiO. The van der Waals surface area contributed by atoms with E-state index < -0.39 is 0 Å². The number of aldehydes is 1. The number of carbonyl (C=O) groups excluding carboxylic acids is 1. The van der Waals surface area contributed by atoms with E-state index in [0.29, 0.717) is 0 Å². The van der Waals surface area contributed by atoms with Crippen molar-refractivity contribution in [1.82, 2.24) is 0 Å². The van der Waals surface area contributed by atoms with Crippen LogP contribution in [0.5, 0.6) is 0 Å². The molecule has 0 fully saturated rings. The Hall–Kier alpha value is 0.267. The summed E-state index contributed by atoms with van der Waals surface area (Å²) in [4.78, 5) is 10.0. The zero-order chi connectivity index (χ0) is 9.78. The van der Waals surface area contributed by atoms with Crippen molar-refractivity contribution in [2.45, 2.75) is 71.1 Å². The fraction of sp³-hybridized carbons (Fsp3) is 0.917. The van der Waals surface area contributed by atoms with Gasteiger partial charge in [0.05, 0.1) is 0 Å². The van der Waals surface area contributed by atoms with Crippen LogP contribution in [-0.4, -0.2) is 25.1 Å². The Bertz CT molecular complexity index is 104. The van der Waals surface area contributed by atoms with Crippen LogP contribution in [0.1, 0.15) is 71.1 Å². The monoisotopic (exact) mass is 192 g/mol. The molecule has 0 spiro atoms. The summed E-state index contributed by atoms with van der Waals surface area (Å²) in [6.45, 7) is 2.25. The molecule has 2 heteroatoms. The molecule has 0 heterocycles. The molecule has 0 radical (unpaired) electrons. The van der Waals surface area contributed by atoms with Crippen LogP contribution in [0.25, 0.3) is 0 Å². The number of hydrogen-bond acceptors (Lipinski definition) is 1. The summed E-state index contributed by atoms with van der Waals surface area (Å²) >= 11 is 0. The van der Waals surface area contributed by atoms with Gasteiger partial charge in [-0.1, -0.05) is 58.3 Å². The average Bonchev–Trinajstić information content (AvgIpc) is 2.16. The van der Waals surface area contributed by atoms with Crippen LogP contribution in [-0.2, 0) is 4.79 Å². The van der Waals surface area contributed by atoms with Crippen molar-refractivity contribution in [3.05, 3.63) is 0 Å². The summed E-state index contributed by atoms with van der Waals surface area (Å²) in [6, 6.07) is 0. The average molecular weight is 192 g/mol. The second-order valence-electron chi connectivity index (χ2n) is 3.78. The van der Waals surface area contributed by atoms with Gasteiger partial charge in [0.15, 0.2) is 0 Å². The van der Waals surface area contributed by atoms with Crippen LogP contribution in [0.4, 0.5) is 0 Å². The van der Waals surface area contributed by atoms with Gasteiger partial charge in [-0.2, -0.15) is 0 Å². The van der Waals surface area contributed by atoms with Crippen molar-refractivity contribution in [3.63, 3.8) is 0 Å². The summed E-state index contributed by atoms with van der Waals surface area (Å²) in [5, 5.41) is 0.